The second-order valence-electron chi connectivity index (χ2n) is 9.82. The highest BCUT2D eigenvalue weighted by atomic mass is 32.1. The largest absolute Gasteiger partial charge is 0.355 e. The van der Waals surface area contributed by atoms with Crippen LogP contribution in [-0.2, 0) is 0 Å². The van der Waals surface area contributed by atoms with Gasteiger partial charge in [0.25, 0.3) is 0 Å². The minimum Gasteiger partial charge on any atom is -0.355 e. The van der Waals surface area contributed by atoms with Crippen LogP contribution in [0.5, 0.6) is 0 Å². The summed E-state index contributed by atoms with van der Waals surface area (Å²) in [7, 11) is 0. The predicted molar refractivity (Wildman–Crippen MR) is 183 cm³/mol. The monoisotopic (exact) mass is 578 g/mol. The van der Waals surface area contributed by atoms with Crippen LogP contribution >= 0.6 is 22.7 Å². The lowest BCUT2D eigenvalue weighted by molar-refractivity contribution is 1.28. The summed E-state index contributed by atoms with van der Waals surface area (Å²) in [6.45, 7) is 0. The van der Waals surface area contributed by atoms with Gasteiger partial charge < -0.3 is 9.97 Å². The van der Waals surface area contributed by atoms with Gasteiger partial charge in [0.2, 0.25) is 0 Å². The molecule has 2 aromatic carbocycles. The van der Waals surface area contributed by atoms with Crippen LogP contribution in [0.4, 0.5) is 0 Å². The Bertz CT molecular complexity index is 2010. The molecule has 0 aliphatic carbocycles. The minimum absolute atomic E-state index is 0.915. The summed E-state index contributed by atoms with van der Waals surface area (Å²) in [5.74, 6) is 0. The van der Waals surface area contributed by atoms with E-state index >= 15 is 0 Å². The van der Waals surface area contributed by atoms with Gasteiger partial charge in [0.05, 0.1) is 22.8 Å². The topological polar surface area (TPSA) is 57.4 Å². The van der Waals surface area contributed by atoms with E-state index in [0.717, 1.165) is 44.8 Å². The first-order valence-electron chi connectivity index (χ1n) is 13.6. The second-order valence-corrected chi connectivity index (χ2v) is 11.7. The maximum atomic E-state index is 4.62. The van der Waals surface area contributed by atoms with Gasteiger partial charge in [-0.3, -0.25) is 0 Å². The van der Waals surface area contributed by atoms with Crippen molar-refractivity contribution in [2.24, 2.45) is 0 Å². The number of aromatic amines is 2. The molecule has 0 radical (unpaired) electrons. The number of rotatable bonds is 0. The fraction of sp³-hybridized carbons (Fsp3) is 0. The average Bonchev–Trinajstić information content (AvgIpc) is 3.85. The van der Waals surface area contributed by atoms with Gasteiger partial charge in [-0.1, -0.05) is 36.4 Å². The molecule has 2 aliphatic heterocycles. The van der Waals surface area contributed by atoms with Crippen LogP contribution in [0.15, 0.2) is 120 Å². The SMILES string of the molecule is C1=Cc2cc3ccc(cc4ccc(cc5nc(cc1n2)C=C5)[nH]4)[nH]3.c1ccc2sccc2c1.c1ccc2sccc2c1. The highest BCUT2D eigenvalue weighted by Gasteiger charge is 2.02. The molecule has 42 heavy (non-hydrogen) atoms. The van der Waals surface area contributed by atoms with E-state index < -0.39 is 0 Å². The van der Waals surface area contributed by atoms with Crippen molar-refractivity contribution >= 4 is 89.2 Å². The first-order valence-corrected chi connectivity index (χ1v) is 15.4. The van der Waals surface area contributed by atoms with Crippen LogP contribution in [0, 0.1) is 0 Å². The summed E-state index contributed by atoms with van der Waals surface area (Å²) >= 11 is 3.57. The van der Waals surface area contributed by atoms with Gasteiger partial charge in [-0.2, -0.15) is 0 Å². The Morgan fingerprint density at radius 1 is 0.405 bits per heavy atom. The fourth-order valence-electron chi connectivity index (χ4n) is 4.76. The van der Waals surface area contributed by atoms with Crippen LogP contribution in [0.1, 0.15) is 22.8 Å². The number of hydrogen-bond acceptors (Lipinski definition) is 4. The van der Waals surface area contributed by atoms with Gasteiger partial charge in [0, 0.05) is 31.5 Å². The molecule has 0 fully saturated rings. The molecule has 8 bridgehead atoms. The maximum Gasteiger partial charge on any atom is 0.0659 e. The lowest BCUT2D eigenvalue weighted by Gasteiger charge is -1.86. The number of thiophene rings is 2. The molecule has 0 unspecified atom stereocenters. The zero-order chi connectivity index (χ0) is 28.1. The zero-order valence-corrected chi connectivity index (χ0v) is 24.2. The lowest BCUT2D eigenvalue weighted by atomic mass is 10.3. The number of H-pyrrole nitrogens is 2. The molecule has 2 aliphatic rings. The first-order chi connectivity index (χ1) is 20.7. The Morgan fingerprint density at radius 2 is 0.810 bits per heavy atom. The Balaban J connectivity index is 0.000000130. The molecule has 7 aromatic rings. The Hall–Kier alpha value is -5.04. The van der Waals surface area contributed by atoms with Crippen molar-refractivity contribution in [1.29, 1.82) is 0 Å². The highest BCUT2D eigenvalue weighted by Crippen LogP contribution is 2.20. The van der Waals surface area contributed by atoms with Crippen molar-refractivity contribution < 1.29 is 0 Å². The number of nitrogens with one attached hydrogen (secondary N) is 2. The van der Waals surface area contributed by atoms with Crippen molar-refractivity contribution in [1.82, 2.24) is 19.9 Å². The summed E-state index contributed by atoms with van der Waals surface area (Å²) in [4.78, 5) is 16.0. The van der Waals surface area contributed by atoms with Crippen LogP contribution in [0.3, 0.4) is 0 Å². The van der Waals surface area contributed by atoms with Gasteiger partial charge >= 0.3 is 0 Å². The van der Waals surface area contributed by atoms with E-state index in [2.05, 4.69) is 122 Å². The lowest BCUT2D eigenvalue weighted by Crippen LogP contribution is -1.77. The number of benzene rings is 2. The van der Waals surface area contributed by atoms with E-state index in [-0.39, 0.29) is 0 Å². The molecular formula is C36H26N4S2. The smallest absolute Gasteiger partial charge is 0.0659 e. The Labute approximate surface area is 251 Å². The molecule has 0 saturated carbocycles. The third-order valence-corrected chi connectivity index (χ3v) is 8.56. The van der Waals surface area contributed by atoms with Crippen molar-refractivity contribution in [3.63, 3.8) is 0 Å². The van der Waals surface area contributed by atoms with Crippen molar-refractivity contribution in [3.8, 4) is 0 Å². The number of aromatic nitrogens is 4. The summed E-state index contributed by atoms with van der Waals surface area (Å²) in [6.07, 6.45) is 8.05. The van der Waals surface area contributed by atoms with E-state index in [1.54, 1.807) is 22.7 Å². The number of fused-ring (bicyclic) bond motifs is 10. The normalized spacial score (nSPS) is 11.6. The van der Waals surface area contributed by atoms with Crippen LogP contribution in [0.2, 0.25) is 0 Å². The first kappa shape index (κ1) is 25.9. The van der Waals surface area contributed by atoms with Crippen molar-refractivity contribution in [3.05, 3.63) is 143 Å². The summed E-state index contributed by atoms with van der Waals surface area (Å²) < 4.78 is 2.75. The van der Waals surface area contributed by atoms with E-state index in [4.69, 9.17) is 0 Å². The molecule has 0 amide bonds. The van der Waals surface area contributed by atoms with Gasteiger partial charge in [0.1, 0.15) is 0 Å². The Kier molecular flexibility index (Phi) is 7.29. The van der Waals surface area contributed by atoms with Gasteiger partial charge in [-0.15, -0.1) is 22.7 Å². The summed E-state index contributed by atoms with van der Waals surface area (Å²) in [5, 5.41) is 6.93. The second kappa shape index (κ2) is 11.8. The summed E-state index contributed by atoms with van der Waals surface area (Å²) in [5.41, 5.74) is 7.86. The standard InChI is InChI=1S/C20H14N4.2C8H6S/c1-2-14-10-16-5-6-18(23-16)12-20-8-7-19(24-20)11-17-4-3-15(22-17)9-13(1)21-14;2*1-2-4-8-7(3-1)5-6-9-8/h1-12,21-22H;2*1-6H. The molecule has 0 spiro atoms. The molecule has 0 saturated heterocycles. The molecular weight excluding hydrogens is 553 g/mol. The quantitative estimate of drug-likeness (QED) is 0.188. The molecule has 4 nitrogen and oxygen atoms in total. The third kappa shape index (κ3) is 6.15. The van der Waals surface area contributed by atoms with Crippen LogP contribution < -0.4 is 0 Å². The van der Waals surface area contributed by atoms with E-state index in [1.165, 1.54) is 20.2 Å². The molecule has 6 heteroatoms. The van der Waals surface area contributed by atoms with Gasteiger partial charge in [-0.05, 0) is 119 Å². The van der Waals surface area contributed by atoms with Gasteiger partial charge in [0.15, 0.2) is 0 Å². The maximum absolute atomic E-state index is 4.62. The van der Waals surface area contributed by atoms with Gasteiger partial charge in [-0.25, -0.2) is 9.97 Å². The molecule has 2 N–H and O–H groups in total. The highest BCUT2D eigenvalue weighted by molar-refractivity contribution is 7.17. The van der Waals surface area contributed by atoms with E-state index in [1.807, 2.05) is 42.5 Å². The zero-order valence-electron chi connectivity index (χ0n) is 22.6. The van der Waals surface area contributed by atoms with Crippen LogP contribution in [-0.4, -0.2) is 19.9 Å². The van der Waals surface area contributed by atoms with Crippen LogP contribution in [0.25, 0.3) is 66.5 Å². The Morgan fingerprint density at radius 3 is 1.26 bits per heavy atom. The van der Waals surface area contributed by atoms with Crippen molar-refractivity contribution in [2.75, 3.05) is 0 Å². The molecule has 202 valence electrons. The fourth-order valence-corrected chi connectivity index (χ4v) is 6.34. The van der Waals surface area contributed by atoms with E-state index in [0.29, 0.717) is 0 Å². The summed E-state index contributed by atoms with van der Waals surface area (Å²) in [6, 6.07) is 37.5. The molecule has 0 atom stereocenters. The van der Waals surface area contributed by atoms with Crippen molar-refractivity contribution in [2.45, 2.75) is 0 Å². The number of nitrogens with zero attached hydrogens (tertiary/aromatic N) is 2. The number of hydrogen-bond donors (Lipinski definition) is 2. The van der Waals surface area contributed by atoms with E-state index in [9.17, 15) is 0 Å². The minimum atomic E-state index is 0.915. The molecule has 5 aromatic heterocycles. The molecule has 9 rings (SSSR count). The predicted octanol–water partition coefficient (Wildman–Crippen LogP) is 10.5. The molecule has 7 heterocycles. The third-order valence-electron chi connectivity index (χ3n) is 6.77. The average molecular weight is 579 g/mol.